The van der Waals surface area contributed by atoms with Gasteiger partial charge in [-0.3, -0.25) is 9.80 Å². The van der Waals surface area contributed by atoms with Crippen LogP contribution < -0.4 is 0 Å². The first-order valence-electron chi connectivity index (χ1n) is 13.9. The summed E-state index contributed by atoms with van der Waals surface area (Å²) in [7, 11) is 0. The zero-order valence-electron chi connectivity index (χ0n) is 20.3. The Morgan fingerprint density at radius 2 is 1.66 bits per heavy atom. The van der Waals surface area contributed by atoms with E-state index in [1.54, 1.807) is 0 Å². The molecule has 0 spiro atoms. The quantitative estimate of drug-likeness (QED) is 0.698. The van der Waals surface area contributed by atoms with E-state index in [1.165, 1.54) is 64.5 Å². The minimum Gasteiger partial charge on any atom is -0.393 e. The SMILES string of the molecule is C[C@]12CC[C@@H](O)C[C@@H]1CC[C@@H]1[C@@H]2CC[C@]2(CN3CCOCC3)[C@@H](O)[C@@H](N3CCCC3)C[C@@H]12. The predicted octanol–water partition coefficient (Wildman–Crippen LogP) is 3.14. The van der Waals surface area contributed by atoms with Gasteiger partial charge >= 0.3 is 0 Å². The van der Waals surface area contributed by atoms with Crippen LogP contribution in [0.15, 0.2) is 0 Å². The number of likely N-dealkylation sites (tertiary alicyclic amines) is 1. The molecule has 0 bridgehead atoms. The Morgan fingerprint density at radius 3 is 2.44 bits per heavy atom. The molecule has 2 saturated heterocycles. The smallest absolute Gasteiger partial charge is 0.0766 e. The molecule has 6 rings (SSSR count). The third-order valence-corrected chi connectivity index (χ3v) is 11.6. The second-order valence-electron chi connectivity index (χ2n) is 12.7. The normalized spacial score (nSPS) is 52.4. The number of hydrogen-bond acceptors (Lipinski definition) is 5. The predicted molar refractivity (Wildman–Crippen MR) is 125 cm³/mol. The molecule has 4 saturated carbocycles. The summed E-state index contributed by atoms with van der Waals surface area (Å²) in [6.45, 7) is 9.79. The summed E-state index contributed by atoms with van der Waals surface area (Å²) < 4.78 is 5.66. The second-order valence-corrected chi connectivity index (χ2v) is 12.7. The van der Waals surface area contributed by atoms with Gasteiger partial charge in [0, 0.05) is 31.1 Å². The Labute approximate surface area is 194 Å². The molecular weight excluding hydrogens is 400 g/mol. The first-order chi connectivity index (χ1) is 15.5. The molecule has 32 heavy (non-hydrogen) atoms. The first-order valence-corrected chi connectivity index (χ1v) is 13.9. The molecular formula is C27H46N2O3. The number of ether oxygens (including phenoxy) is 1. The molecule has 2 heterocycles. The Bertz CT molecular complexity index is 678. The number of hydrogen-bond donors (Lipinski definition) is 2. The van der Waals surface area contributed by atoms with Crippen LogP contribution in [0.5, 0.6) is 0 Å². The maximum absolute atomic E-state index is 12.0. The van der Waals surface area contributed by atoms with Gasteiger partial charge in [0.25, 0.3) is 0 Å². The molecule has 4 aliphatic carbocycles. The molecule has 9 atom stereocenters. The lowest BCUT2D eigenvalue weighted by atomic mass is 9.45. The molecule has 6 aliphatic rings. The highest BCUT2D eigenvalue weighted by Gasteiger charge is 2.64. The molecule has 0 unspecified atom stereocenters. The summed E-state index contributed by atoms with van der Waals surface area (Å²) in [6.07, 6.45) is 11.9. The van der Waals surface area contributed by atoms with Gasteiger partial charge in [0.1, 0.15) is 0 Å². The van der Waals surface area contributed by atoms with Gasteiger partial charge in [-0.2, -0.15) is 0 Å². The Balaban J connectivity index is 1.30. The summed E-state index contributed by atoms with van der Waals surface area (Å²) in [5.74, 6) is 2.93. The van der Waals surface area contributed by atoms with Crippen molar-refractivity contribution >= 4 is 0 Å². The van der Waals surface area contributed by atoms with E-state index in [4.69, 9.17) is 4.74 Å². The van der Waals surface area contributed by atoms with Gasteiger partial charge in [-0.25, -0.2) is 0 Å². The summed E-state index contributed by atoms with van der Waals surface area (Å²) in [5.41, 5.74) is 0.479. The topological polar surface area (TPSA) is 56.2 Å². The highest BCUT2D eigenvalue weighted by molar-refractivity contribution is 5.15. The maximum atomic E-state index is 12.0. The van der Waals surface area contributed by atoms with Crippen LogP contribution in [-0.4, -0.2) is 84.2 Å². The lowest BCUT2D eigenvalue weighted by Crippen LogP contribution is -2.59. The fourth-order valence-corrected chi connectivity index (χ4v) is 9.91. The van der Waals surface area contributed by atoms with Crippen molar-refractivity contribution in [1.82, 2.24) is 9.80 Å². The molecule has 5 nitrogen and oxygen atoms in total. The van der Waals surface area contributed by atoms with E-state index in [0.29, 0.717) is 23.3 Å². The van der Waals surface area contributed by atoms with Gasteiger partial charge in [0.2, 0.25) is 0 Å². The van der Waals surface area contributed by atoms with Gasteiger partial charge in [0.15, 0.2) is 0 Å². The van der Waals surface area contributed by atoms with Crippen molar-refractivity contribution in [2.45, 2.75) is 89.4 Å². The molecule has 0 amide bonds. The molecule has 2 aliphatic heterocycles. The third-order valence-electron chi connectivity index (χ3n) is 11.6. The van der Waals surface area contributed by atoms with Gasteiger partial charge in [-0.15, -0.1) is 0 Å². The van der Waals surface area contributed by atoms with Crippen LogP contribution in [0.2, 0.25) is 0 Å². The first kappa shape index (κ1) is 22.3. The average molecular weight is 447 g/mol. The zero-order valence-corrected chi connectivity index (χ0v) is 20.3. The van der Waals surface area contributed by atoms with Crippen molar-refractivity contribution in [3.8, 4) is 0 Å². The molecule has 2 N–H and O–H groups in total. The van der Waals surface area contributed by atoms with Crippen molar-refractivity contribution in [1.29, 1.82) is 0 Å². The van der Waals surface area contributed by atoms with Crippen molar-refractivity contribution in [2.24, 2.45) is 34.5 Å². The monoisotopic (exact) mass is 446 g/mol. The summed E-state index contributed by atoms with van der Waals surface area (Å²) in [6, 6.07) is 0.376. The minimum absolute atomic E-state index is 0.0681. The van der Waals surface area contributed by atoms with E-state index in [-0.39, 0.29) is 17.6 Å². The number of aliphatic hydroxyl groups is 2. The van der Waals surface area contributed by atoms with Crippen LogP contribution in [0.1, 0.15) is 71.1 Å². The van der Waals surface area contributed by atoms with Crippen LogP contribution in [-0.2, 0) is 4.74 Å². The zero-order chi connectivity index (χ0) is 21.9. The molecule has 0 aromatic heterocycles. The Morgan fingerprint density at radius 1 is 0.875 bits per heavy atom. The van der Waals surface area contributed by atoms with Crippen LogP contribution in [0.3, 0.4) is 0 Å². The molecule has 0 aromatic carbocycles. The summed E-state index contributed by atoms with van der Waals surface area (Å²) in [5, 5.41) is 22.4. The van der Waals surface area contributed by atoms with Crippen LogP contribution in [0.4, 0.5) is 0 Å². The molecule has 5 heteroatoms. The fraction of sp³-hybridized carbons (Fsp3) is 1.00. The number of aliphatic hydroxyl groups excluding tert-OH is 2. The van der Waals surface area contributed by atoms with Crippen molar-refractivity contribution in [3.63, 3.8) is 0 Å². The van der Waals surface area contributed by atoms with Gasteiger partial charge < -0.3 is 14.9 Å². The van der Waals surface area contributed by atoms with E-state index in [0.717, 1.165) is 57.5 Å². The number of fused-ring (bicyclic) bond motifs is 5. The molecule has 182 valence electrons. The van der Waals surface area contributed by atoms with Crippen molar-refractivity contribution < 1.29 is 14.9 Å². The fourth-order valence-electron chi connectivity index (χ4n) is 9.91. The van der Waals surface area contributed by atoms with E-state index in [9.17, 15) is 10.2 Å². The van der Waals surface area contributed by atoms with Crippen LogP contribution >= 0.6 is 0 Å². The molecule has 6 fully saturated rings. The lowest BCUT2D eigenvalue weighted by Gasteiger charge is -2.61. The Kier molecular flexibility index (Phi) is 5.90. The van der Waals surface area contributed by atoms with E-state index in [2.05, 4.69) is 16.7 Å². The third kappa shape index (κ3) is 3.44. The van der Waals surface area contributed by atoms with E-state index in [1.807, 2.05) is 0 Å². The number of morpholine rings is 1. The summed E-state index contributed by atoms with van der Waals surface area (Å²) >= 11 is 0. The van der Waals surface area contributed by atoms with Gasteiger partial charge in [-0.05, 0) is 106 Å². The van der Waals surface area contributed by atoms with E-state index < -0.39 is 0 Å². The summed E-state index contributed by atoms with van der Waals surface area (Å²) in [4.78, 5) is 5.28. The average Bonchev–Trinajstić information content (AvgIpc) is 3.42. The largest absolute Gasteiger partial charge is 0.393 e. The number of rotatable bonds is 3. The maximum Gasteiger partial charge on any atom is 0.0766 e. The second kappa shape index (κ2) is 8.48. The molecule has 0 radical (unpaired) electrons. The van der Waals surface area contributed by atoms with Gasteiger partial charge in [0.05, 0.1) is 25.4 Å². The standard InChI is InChI=1S/C27H46N2O3/c1-26-8-6-20(30)16-19(26)4-5-21-22(26)7-9-27(18-28-12-14-32-15-13-28)23(21)17-24(25(27)31)29-10-2-3-11-29/h19-25,30-31H,2-18H2,1H3/t19-,20+,21+,22-,23-,24-,25-,26-,27+/m0/s1. The lowest BCUT2D eigenvalue weighted by molar-refractivity contribution is -0.148. The van der Waals surface area contributed by atoms with Gasteiger partial charge in [-0.1, -0.05) is 6.92 Å². The van der Waals surface area contributed by atoms with Crippen LogP contribution in [0, 0.1) is 34.5 Å². The van der Waals surface area contributed by atoms with E-state index >= 15 is 0 Å². The number of nitrogens with zero attached hydrogens (tertiary/aromatic N) is 2. The molecule has 0 aromatic rings. The minimum atomic E-state index is -0.173. The van der Waals surface area contributed by atoms with Crippen molar-refractivity contribution in [2.75, 3.05) is 45.9 Å². The van der Waals surface area contributed by atoms with Crippen molar-refractivity contribution in [3.05, 3.63) is 0 Å². The Hall–Kier alpha value is -0.200. The highest BCUT2D eigenvalue weighted by atomic mass is 16.5. The highest BCUT2D eigenvalue weighted by Crippen LogP contribution is 2.66. The van der Waals surface area contributed by atoms with Crippen LogP contribution in [0.25, 0.3) is 0 Å².